The molecule has 1 aliphatic heterocycles. The molecule has 6 nitrogen and oxygen atoms in total. The first-order valence-corrected chi connectivity index (χ1v) is 16.2. The molecular formula is C41H42N2O4. The van der Waals surface area contributed by atoms with Gasteiger partial charge in [0, 0.05) is 36.7 Å². The molecule has 1 aliphatic rings. The number of nitrogens with one attached hydrogen (secondary N) is 1. The average Bonchev–Trinajstić information content (AvgIpc) is 3.12. The van der Waals surface area contributed by atoms with E-state index >= 15 is 0 Å². The van der Waals surface area contributed by atoms with E-state index in [9.17, 15) is 9.90 Å². The maximum atomic E-state index is 12.5. The molecule has 1 fully saturated rings. The van der Waals surface area contributed by atoms with Gasteiger partial charge < -0.3 is 19.9 Å². The zero-order valence-electron chi connectivity index (χ0n) is 27.0. The number of carbonyl (C=O) groups excluding carboxylic acids is 1. The van der Waals surface area contributed by atoms with E-state index in [-0.39, 0.29) is 30.6 Å². The van der Waals surface area contributed by atoms with E-state index < -0.39 is 6.29 Å². The summed E-state index contributed by atoms with van der Waals surface area (Å²) < 4.78 is 13.4. The number of benzene rings is 5. The van der Waals surface area contributed by atoms with Crippen molar-refractivity contribution in [3.8, 4) is 11.1 Å². The van der Waals surface area contributed by atoms with Crippen LogP contribution in [0.5, 0.6) is 0 Å². The third-order valence-electron chi connectivity index (χ3n) is 8.84. The minimum atomic E-state index is -0.530. The lowest BCUT2D eigenvalue weighted by atomic mass is 9.90. The summed E-state index contributed by atoms with van der Waals surface area (Å²) in [6.07, 6.45) is -0.760. The predicted octanol–water partition coefficient (Wildman–Crippen LogP) is 7.70. The number of carbonyl (C=O) groups is 1. The van der Waals surface area contributed by atoms with Crippen molar-refractivity contribution in [3.05, 3.63) is 167 Å². The van der Waals surface area contributed by atoms with Crippen molar-refractivity contribution in [3.63, 3.8) is 0 Å². The van der Waals surface area contributed by atoms with Gasteiger partial charge in [0.1, 0.15) is 0 Å². The fourth-order valence-corrected chi connectivity index (χ4v) is 6.16. The van der Waals surface area contributed by atoms with Crippen LogP contribution in [0.15, 0.2) is 133 Å². The summed E-state index contributed by atoms with van der Waals surface area (Å²) in [6.45, 7) is 4.24. The summed E-state index contributed by atoms with van der Waals surface area (Å²) in [5.41, 5.74) is 8.00. The molecule has 1 heterocycles. The Bertz CT molecular complexity index is 1730. The number of hydrogen-bond acceptors (Lipinski definition) is 5. The summed E-state index contributed by atoms with van der Waals surface area (Å²) in [5.74, 6) is 0.0169. The minimum absolute atomic E-state index is 0.0115. The molecule has 2 N–H and O–H groups in total. The van der Waals surface area contributed by atoms with Gasteiger partial charge >= 0.3 is 0 Å². The molecule has 5 aromatic rings. The van der Waals surface area contributed by atoms with Gasteiger partial charge in [-0.05, 0) is 58.6 Å². The summed E-state index contributed by atoms with van der Waals surface area (Å²) in [7, 11) is 2.13. The molecule has 4 unspecified atom stereocenters. The standard InChI is InChI=1S/C41H42N2O4/c1-29-38(27-43(2)26-30-10-5-3-6-11-30)46-41(47-39(29)34-18-16-31(28-44)17-19-34)36-22-20-33(21-23-36)37-15-9-12-32(24-37)25-42-40(45)35-13-7-4-8-14-35/h3-24,29,38-39,41,44H,25-28H2,1-2H3,(H,42,45). The van der Waals surface area contributed by atoms with Gasteiger partial charge in [-0.15, -0.1) is 0 Å². The van der Waals surface area contributed by atoms with Crippen LogP contribution in [0, 0.1) is 5.92 Å². The first kappa shape index (κ1) is 32.4. The van der Waals surface area contributed by atoms with Crippen LogP contribution in [0.1, 0.15) is 57.5 Å². The Kier molecular flexibility index (Phi) is 10.6. The number of amides is 1. The number of aliphatic hydroxyl groups is 1. The van der Waals surface area contributed by atoms with Crippen LogP contribution >= 0.6 is 0 Å². The lowest BCUT2D eigenvalue weighted by Crippen LogP contribution is -2.43. The first-order chi connectivity index (χ1) is 23.0. The Morgan fingerprint density at radius 3 is 2.09 bits per heavy atom. The van der Waals surface area contributed by atoms with Gasteiger partial charge in [0.05, 0.1) is 18.8 Å². The van der Waals surface area contributed by atoms with E-state index in [1.54, 1.807) is 0 Å². The number of likely N-dealkylation sites (N-methyl/N-ethyl adjacent to an activating group) is 1. The van der Waals surface area contributed by atoms with Crippen molar-refractivity contribution >= 4 is 5.91 Å². The summed E-state index contributed by atoms with van der Waals surface area (Å²) in [6, 6.07) is 44.4. The van der Waals surface area contributed by atoms with E-state index in [1.165, 1.54) is 5.56 Å². The van der Waals surface area contributed by atoms with Crippen LogP contribution < -0.4 is 5.32 Å². The molecule has 0 aromatic heterocycles. The Balaban J connectivity index is 1.18. The lowest BCUT2D eigenvalue weighted by molar-refractivity contribution is -0.276. The molecule has 5 aromatic carbocycles. The summed E-state index contributed by atoms with van der Waals surface area (Å²) >= 11 is 0. The molecule has 240 valence electrons. The highest BCUT2D eigenvalue weighted by atomic mass is 16.7. The zero-order valence-corrected chi connectivity index (χ0v) is 27.0. The molecule has 47 heavy (non-hydrogen) atoms. The third kappa shape index (κ3) is 8.23. The smallest absolute Gasteiger partial charge is 0.251 e. The van der Waals surface area contributed by atoms with Gasteiger partial charge in [0.2, 0.25) is 0 Å². The van der Waals surface area contributed by atoms with Gasteiger partial charge in [-0.2, -0.15) is 0 Å². The molecule has 6 rings (SSSR count). The van der Waals surface area contributed by atoms with Crippen LogP contribution in [0.4, 0.5) is 0 Å². The maximum absolute atomic E-state index is 12.5. The highest BCUT2D eigenvalue weighted by Crippen LogP contribution is 2.42. The molecule has 1 amide bonds. The Hall–Kier alpha value is -4.59. The van der Waals surface area contributed by atoms with Gasteiger partial charge in [-0.1, -0.05) is 122 Å². The highest BCUT2D eigenvalue weighted by molar-refractivity contribution is 5.94. The highest BCUT2D eigenvalue weighted by Gasteiger charge is 2.38. The van der Waals surface area contributed by atoms with E-state index in [4.69, 9.17) is 9.47 Å². The van der Waals surface area contributed by atoms with Crippen LogP contribution in [0.25, 0.3) is 11.1 Å². The van der Waals surface area contributed by atoms with Crippen LogP contribution in [0.3, 0.4) is 0 Å². The van der Waals surface area contributed by atoms with Crippen molar-refractivity contribution in [1.29, 1.82) is 0 Å². The van der Waals surface area contributed by atoms with Crippen LogP contribution in [-0.4, -0.2) is 35.6 Å². The van der Waals surface area contributed by atoms with E-state index in [0.29, 0.717) is 12.1 Å². The van der Waals surface area contributed by atoms with Crippen molar-refractivity contribution in [2.75, 3.05) is 13.6 Å². The van der Waals surface area contributed by atoms with E-state index in [0.717, 1.165) is 46.5 Å². The topological polar surface area (TPSA) is 71.0 Å². The van der Waals surface area contributed by atoms with Crippen LogP contribution in [0.2, 0.25) is 0 Å². The second kappa shape index (κ2) is 15.3. The van der Waals surface area contributed by atoms with Crippen molar-refractivity contribution in [2.24, 2.45) is 5.92 Å². The molecule has 0 aliphatic carbocycles. The molecule has 0 bridgehead atoms. The molecular weight excluding hydrogens is 584 g/mol. The monoisotopic (exact) mass is 626 g/mol. The molecule has 0 spiro atoms. The summed E-state index contributed by atoms with van der Waals surface area (Å²) in [4.78, 5) is 14.8. The fraction of sp³-hybridized carbons (Fsp3) is 0.244. The fourth-order valence-electron chi connectivity index (χ4n) is 6.16. The number of ether oxygens (including phenoxy) is 2. The van der Waals surface area contributed by atoms with Gasteiger partial charge in [-0.3, -0.25) is 9.69 Å². The van der Waals surface area contributed by atoms with Crippen molar-refractivity contribution in [1.82, 2.24) is 10.2 Å². The van der Waals surface area contributed by atoms with Crippen molar-refractivity contribution in [2.45, 2.75) is 45.1 Å². The normalized spacial score (nSPS) is 19.4. The maximum Gasteiger partial charge on any atom is 0.251 e. The van der Waals surface area contributed by atoms with Gasteiger partial charge in [0.25, 0.3) is 5.91 Å². The van der Waals surface area contributed by atoms with Gasteiger partial charge in [0.15, 0.2) is 6.29 Å². The second-order valence-corrected chi connectivity index (χ2v) is 12.4. The average molecular weight is 627 g/mol. The number of hydrogen-bond donors (Lipinski definition) is 2. The summed E-state index contributed by atoms with van der Waals surface area (Å²) in [5, 5.41) is 12.6. The third-order valence-corrected chi connectivity index (χ3v) is 8.84. The second-order valence-electron chi connectivity index (χ2n) is 12.4. The Morgan fingerprint density at radius 1 is 0.723 bits per heavy atom. The molecule has 0 saturated carbocycles. The molecule has 0 radical (unpaired) electrons. The molecule has 6 heteroatoms. The van der Waals surface area contributed by atoms with E-state index in [1.807, 2.05) is 60.7 Å². The quantitative estimate of drug-likeness (QED) is 0.157. The first-order valence-electron chi connectivity index (χ1n) is 16.2. The number of nitrogens with zero attached hydrogens (tertiary/aromatic N) is 1. The molecule has 4 atom stereocenters. The SMILES string of the molecule is CC1C(CN(C)Cc2ccccc2)OC(c2ccc(-c3cccc(CNC(=O)c4ccccc4)c3)cc2)OC1c1ccc(CO)cc1. The minimum Gasteiger partial charge on any atom is -0.392 e. The Morgan fingerprint density at radius 2 is 1.38 bits per heavy atom. The largest absolute Gasteiger partial charge is 0.392 e. The predicted molar refractivity (Wildman–Crippen MR) is 185 cm³/mol. The van der Waals surface area contributed by atoms with Crippen LogP contribution in [-0.2, 0) is 29.2 Å². The number of rotatable bonds is 11. The molecule has 1 saturated heterocycles. The lowest BCUT2D eigenvalue weighted by Gasteiger charge is -2.42. The van der Waals surface area contributed by atoms with Gasteiger partial charge in [-0.25, -0.2) is 0 Å². The Labute approximate surface area is 277 Å². The number of aliphatic hydroxyl groups excluding tert-OH is 1. The zero-order chi connectivity index (χ0) is 32.6. The van der Waals surface area contributed by atoms with E-state index in [2.05, 4.69) is 97.0 Å². The van der Waals surface area contributed by atoms with Crippen molar-refractivity contribution < 1.29 is 19.4 Å².